The highest BCUT2D eigenvalue weighted by molar-refractivity contribution is 5.15. The van der Waals surface area contributed by atoms with Crippen LogP contribution >= 0.6 is 0 Å². The van der Waals surface area contributed by atoms with Crippen LogP contribution in [0, 0.1) is 0 Å². The van der Waals surface area contributed by atoms with Gasteiger partial charge in [-0.2, -0.15) is 0 Å². The van der Waals surface area contributed by atoms with Gasteiger partial charge in [0, 0.05) is 6.42 Å². The second-order valence-electron chi connectivity index (χ2n) is 3.58. The highest BCUT2D eigenvalue weighted by Gasteiger charge is 2.25. The fourth-order valence-electron chi connectivity index (χ4n) is 1.38. The minimum atomic E-state index is -0.435. The molecule has 1 aliphatic heterocycles. The van der Waals surface area contributed by atoms with E-state index in [1.807, 2.05) is 25.1 Å². The smallest absolute Gasteiger partial charge is 0.135 e. The predicted molar refractivity (Wildman–Crippen MR) is 52.9 cm³/mol. The molecule has 0 amide bonds. The van der Waals surface area contributed by atoms with Crippen LogP contribution < -0.4 is 0 Å². The first-order valence-corrected chi connectivity index (χ1v) is 4.67. The average Bonchev–Trinajstić information content (AvgIpc) is 2.65. The van der Waals surface area contributed by atoms with E-state index >= 15 is 0 Å². The number of aryl methyl sites for hydroxylation is 1. The summed E-state index contributed by atoms with van der Waals surface area (Å²) in [5.41, 5.74) is 0.863. The topological polar surface area (TPSA) is 49.4 Å². The van der Waals surface area contributed by atoms with Crippen molar-refractivity contribution in [1.29, 1.82) is 0 Å². The first-order chi connectivity index (χ1) is 6.79. The van der Waals surface area contributed by atoms with Crippen molar-refractivity contribution in [3.8, 4) is 0 Å². The Morgan fingerprint density at radius 1 is 1.07 bits per heavy atom. The summed E-state index contributed by atoms with van der Waals surface area (Å²) in [7, 11) is 0. The molecule has 1 aromatic rings. The molecule has 0 aliphatic carbocycles. The van der Waals surface area contributed by atoms with Crippen molar-refractivity contribution in [2.75, 3.05) is 0 Å². The molecule has 0 unspecified atom stereocenters. The van der Waals surface area contributed by atoms with Gasteiger partial charge in [-0.05, 0) is 29.4 Å². The minimum absolute atomic E-state index is 0.435. The third-order valence-corrected chi connectivity index (χ3v) is 2.29. The standard InChI is InChI=1S/C10H12N4/c1-10(11-13-14-12-10)8-7-9-5-3-2-4-6-9/h2-6H,7-8H2,1H3. The van der Waals surface area contributed by atoms with Gasteiger partial charge >= 0.3 is 0 Å². The maximum atomic E-state index is 3.97. The summed E-state index contributed by atoms with van der Waals surface area (Å²) in [4.78, 5) is 0. The largest absolute Gasteiger partial charge is 0.192 e. The lowest BCUT2D eigenvalue weighted by Gasteiger charge is -2.12. The van der Waals surface area contributed by atoms with E-state index in [4.69, 9.17) is 0 Å². The predicted octanol–water partition coefficient (Wildman–Crippen LogP) is 3.17. The highest BCUT2D eigenvalue weighted by atomic mass is 15.6. The van der Waals surface area contributed by atoms with Gasteiger partial charge in [0.25, 0.3) is 0 Å². The minimum Gasteiger partial charge on any atom is -0.135 e. The van der Waals surface area contributed by atoms with Gasteiger partial charge in [0.05, 0.1) is 0 Å². The van der Waals surface area contributed by atoms with Crippen LogP contribution in [0.2, 0.25) is 0 Å². The average molecular weight is 188 g/mol. The molecule has 0 N–H and O–H groups in total. The molecular weight excluding hydrogens is 176 g/mol. The second kappa shape index (κ2) is 3.65. The summed E-state index contributed by atoms with van der Waals surface area (Å²) in [6, 6.07) is 10.3. The Balaban J connectivity index is 1.95. The van der Waals surface area contributed by atoms with Crippen molar-refractivity contribution in [2.45, 2.75) is 25.4 Å². The van der Waals surface area contributed by atoms with E-state index in [1.165, 1.54) is 5.56 Å². The normalized spacial score (nSPS) is 17.5. The molecule has 0 aromatic heterocycles. The number of nitrogens with zero attached hydrogens (tertiary/aromatic N) is 4. The molecular formula is C10H12N4. The Morgan fingerprint density at radius 2 is 1.71 bits per heavy atom. The van der Waals surface area contributed by atoms with Gasteiger partial charge in [-0.15, -0.1) is 10.2 Å². The molecule has 0 atom stereocenters. The fraction of sp³-hybridized carbons (Fsp3) is 0.400. The van der Waals surface area contributed by atoms with Crippen LogP contribution in [-0.4, -0.2) is 5.66 Å². The second-order valence-corrected chi connectivity index (χ2v) is 3.58. The van der Waals surface area contributed by atoms with E-state index in [0.717, 1.165) is 12.8 Å². The molecule has 0 radical (unpaired) electrons. The molecule has 1 aliphatic rings. The van der Waals surface area contributed by atoms with E-state index in [9.17, 15) is 0 Å². The van der Waals surface area contributed by atoms with E-state index in [-0.39, 0.29) is 0 Å². The lowest BCUT2D eigenvalue weighted by atomic mass is 10.0. The van der Waals surface area contributed by atoms with Gasteiger partial charge in [-0.1, -0.05) is 30.3 Å². The molecule has 0 bridgehead atoms. The molecule has 1 heterocycles. The molecule has 0 saturated heterocycles. The Kier molecular flexibility index (Phi) is 2.35. The molecule has 14 heavy (non-hydrogen) atoms. The van der Waals surface area contributed by atoms with Crippen LogP contribution in [0.4, 0.5) is 0 Å². The first kappa shape index (κ1) is 8.99. The summed E-state index contributed by atoms with van der Waals surface area (Å²) in [5.74, 6) is 0. The Labute approximate surface area is 82.7 Å². The molecule has 0 fully saturated rings. The SMILES string of the molecule is CC1(CCc2ccccc2)N=NN=N1. The summed E-state index contributed by atoms with van der Waals surface area (Å²) >= 11 is 0. The van der Waals surface area contributed by atoms with Gasteiger partial charge in [0.15, 0.2) is 5.66 Å². The Bertz CT molecular complexity index is 344. The van der Waals surface area contributed by atoms with Gasteiger partial charge < -0.3 is 0 Å². The zero-order valence-electron chi connectivity index (χ0n) is 8.09. The molecule has 4 heteroatoms. The molecule has 4 nitrogen and oxygen atoms in total. The zero-order chi connectivity index (χ0) is 9.86. The van der Waals surface area contributed by atoms with Gasteiger partial charge in [0.2, 0.25) is 0 Å². The molecule has 0 spiro atoms. The van der Waals surface area contributed by atoms with Crippen LogP contribution in [0.5, 0.6) is 0 Å². The van der Waals surface area contributed by atoms with Crippen molar-refractivity contribution >= 4 is 0 Å². The number of benzene rings is 1. The summed E-state index contributed by atoms with van der Waals surface area (Å²) in [6.07, 6.45) is 1.80. The van der Waals surface area contributed by atoms with E-state index in [0.29, 0.717) is 0 Å². The van der Waals surface area contributed by atoms with Crippen molar-refractivity contribution in [3.63, 3.8) is 0 Å². The summed E-state index contributed by atoms with van der Waals surface area (Å²) in [5, 5.41) is 15.0. The Hall–Kier alpha value is -1.58. The lowest BCUT2D eigenvalue weighted by molar-refractivity contribution is 0.450. The van der Waals surface area contributed by atoms with Crippen molar-refractivity contribution in [1.82, 2.24) is 0 Å². The van der Waals surface area contributed by atoms with Crippen LogP contribution in [0.1, 0.15) is 18.9 Å². The van der Waals surface area contributed by atoms with E-state index < -0.39 is 5.66 Å². The molecule has 1 aromatic carbocycles. The molecule has 2 rings (SSSR count). The van der Waals surface area contributed by atoms with E-state index in [2.05, 4.69) is 32.8 Å². The third-order valence-electron chi connectivity index (χ3n) is 2.29. The maximum absolute atomic E-state index is 3.97. The van der Waals surface area contributed by atoms with Gasteiger partial charge in [-0.25, -0.2) is 0 Å². The fourth-order valence-corrected chi connectivity index (χ4v) is 1.38. The number of rotatable bonds is 3. The van der Waals surface area contributed by atoms with Crippen molar-refractivity contribution in [3.05, 3.63) is 35.9 Å². The summed E-state index contributed by atoms with van der Waals surface area (Å²) in [6.45, 7) is 1.94. The lowest BCUT2D eigenvalue weighted by Crippen LogP contribution is -2.16. The van der Waals surface area contributed by atoms with Crippen LogP contribution in [-0.2, 0) is 6.42 Å². The summed E-state index contributed by atoms with van der Waals surface area (Å²) < 4.78 is 0. The van der Waals surface area contributed by atoms with Gasteiger partial charge in [-0.3, -0.25) is 0 Å². The van der Waals surface area contributed by atoms with Crippen LogP contribution in [0.15, 0.2) is 51.0 Å². The first-order valence-electron chi connectivity index (χ1n) is 4.67. The zero-order valence-corrected chi connectivity index (χ0v) is 8.09. The number of hydrogen-bond donors (Lipinski definition) is 0. The quantitative estimate of drug-likeness (QED) is 0.699. The van der Waals surface area contributed by atoms with Gasteiger partial charge in [0.1, 0.15) is 0 Å². The Morgan fingerprint density at radius 3 is 2.36 bits per heavy atom. The monoisotopic (exact) mass is 188 g/mol. The third kappa shape index (κ3) is 2.02. The van der Waals surface area contributed by atoms with Crippen LogP contribution in [0.3, 0.4) is 0 Å². The maximum Gasteiger partial charge on any atom is 0.192 e. The number of hydrogen-bond acceptors (Lipinski definition) is 4. The molecule has 0 saturated carbocycles. The van der Waals surface area contributed by atoms with E-state index in [1.54, 1.807) is 0 Å². The van der Waals surface area contributed by atoms with Crippen molar-refractivity contribution < 1.29 is 0 Å². The van der Waals surface area contributed by atoms with Crippen LogP contribution in [0.25, 0.3) is 0 Å². The highest BCUT2D eigenvalue weighted by Crippen LogP contribution is 2.24. The molecule has 72 valence electrons. The van der Waals surface area contributed by atoms with Crippen molar-refractivity contribution in [2.24, 2.45) is 20.7 Å².